The van der Waals surface area contributed by atoms with Gasteiger partial charge in [0.05, 0.1) is 11.2 Å². The van der Waals surface area contributed by atoms with E-state index in [-0.39, 0.29) is 12.3 Å². The fourth-order valence-electron chi connectivity index (χ4n) is 2.72. The maximum atomic E-state index is 12.9. The van der Waals surface area contributed by atoms with E-state index < -0.39 is 29.7 Å². The second kappa shape index (κ2) is 7.81. The summed E-state index contributed by atoms with van der Waals surface area (Å²) >= 11 is 1.41. The highest BCUT2D eigenvalue weighted by Crippen LogP contribution is 2.19. The van der Waals surface area contributed by atoms with Gasteiger partial charge in [0, 0.05) is 18.3 Å². The number of hydrogen-bond donors (Lipinski definition) is 2. The van der Waals surface area contributed by atoms with Crippen molar-refractivity contribution in [2.75, 3.05) is 6.54 Å². The zero-order valence-corrected chi connectivity index (χ0v) is 15.5. The van der Waals surface area contributed by atoms with Gasteiger partial charge in [-0.2, -0.15) is 0 Å². The number of thiazole rings is 1. The van der Waals surface area contributed by atoms with Crippen LogP contribution in [0, 0.1) is 0 Å². The summed E-state index contributed by atoms with van der Waals surface area (Å²) in [5.41, 5.74) is 7.06. The van der Waals surface area contributed by atoms with E-state index >= 15 is 0 Å². The van der Waals surface area contributed by atoms with Crippen molar-refractivity contribution in [3.05, 3.63) is 16.6 Å². The van der Waals surface area contributed by atoms with Gasteiger partial charge in [-0.3, -0.25) is 9.59 Å². The van der Waals surface area contributed by atoms with Gasteiger partial charge in [0.1, 0.15) is 17.7 Å². The number of nitrogens with zero attached hydrogens (tertiary/aromatic N) is 2. The van der Waals surface area contributed by atoms with Gasteiger partial charge < -0.3 is 20.7 Å². The number of nitrogens with one attached hydrogen (secondary N) is 1. The Morgan fingerprint density at radius 3 is 2.76 bits per heavy atom. The molecule has 0 aromatic carbocycles. The topological polar surface area (TPSA) is 115 Å². The monoisotopic (exact) mass is 368 g/mol. The van der Waals surface area contributed by atoms with Gasteiger partial charge in [-0.1, -0.05) is 0 Å². The number of ether oxygens (including phenoxy) is 1. The van der Waals surface area contributed by atoms with E-state index in [2.05, 4.69) is 10.3 Å². The summed E-state index contributed by atoms with van der Waals surface area (Å²) in [5.74, 6) is -0.879. The van der Waals surface area contributed by atoms with Crippen LogP contribution in [0.1, 0.15) is 39.3 Å². The Labute approximate surface area is 150 Å². The standard InChI is InChI=1S/C16H24N4O4S/c1-16(2,3)24-15(23)19-11(7-10-8-25-9-18-10)14(22)20-6-4-5-12(20)13(17)21/h8-9,11-12H,4-7H2,1-3H3,(H2,17,21)(H,19,23)/t11-,12-/m0/s1. The van der Waals surface area contributed by atoms with Crippen LogP contribution in [0.15, 0.2) is 10.9 Å². The maximum absolute atomic E-state index is 12.9. The molecule has 0 aliphatic carbocycles. The average Bonchev–Trinajstić information content (AvgIpc) is 3.14. The predicted molar refractivity (Wildman–Crippen MR) is 92.9 cm³/mol. The fourth-order valence-corrected chi connectivity index (χ4v) is 3.30. The lowest BCUT2D eigenvalue weighted by Gasteiger charge is -2.28. The number of primary amides is 1. The number of aromatic nitrogens is 1. The Morgan fingerprint density at radius 2 is 2.20 bits per heavy atom. The molecule has 1 aliphatic rings. The molecule has 0 bridgehead atoms. The zero-order chi connectivity index (χ0) is 18.6. The lowest BCUT2D eigenvalue weighted by Crippen LogP contribution is -2.54. The maximum Gasteiger partial charge on any atom is 0.408 e. The molecule has 2 heterocycles. The van der Waals surface area contributed by atoms with Gasteiger partial charge in [0.2, 0.25) is 11.8 Å². The highest BCUT2D eigenvalue weighted by Gasteiger charge is 2.37. The minimum absolute atomic E-state index is 0.226. The Hall–Kier alpha value is -2.16. The van der Waals surface area contributed by atoms with Gasteiger partial charge in [-0.25, -0.2) is 9.78 Å². The van der Waals surface area contributed by atoms with E-state index in [1.54, 1.807) is 26.3 Å². The lowest BCUT2D eigenvalue weighted by molar-refractivity contribution is -0.139. The molecule has 3 amide bonds. The van der Waals surface area contributed by atoms with E-state index in [1.807, 2.05) is 5.38 Å². The van der Waals surface area contributed by atoms with Crippen molar-refractivity contribution in [2.24, 2.45) is 5.73 Å². The van der Waals surface area contributed by atoms with Crippen LogP contribution in [0.5, 0.6) is 0 Å². The van der Waals surface area contributed by atoms with Crippen molar-refractivity contribution < 1.29 is 19.1 Å². The zero-order valence-electron chi connectivity index (χ0n) is 14.7. The summed E-state index contributed by atoms with van der Waals surface area (Å²) in [6.45, 7) is 5.67. The van der Waals surface area contributed by atoms with Crippen molar-refractivity contribution in [1.29, 1.82) is 0 Å². The number of carbonyl (C=O) groups excluding carboxylic acids is 3. The van der Waals surface area contributed by atoms with Crippen molar-refractivity contribution >= 4 is 29.2 Å². The number of carbonyl (C=O) groups is 3. The van der Waals surface area contributed by atoms with E-state index in [0.717, 1.165) is 0 Å². The molecule has 3 N–H and O–H groups in total. The SMILES string of the molecule is CC(C)(C)OC(=O)N[C@@H](Cc1cscn1)C(=O)N1CCC[C@H]1C(N)=O. The molecule has 25 heavy (non-hydrogen) atoms. The fraction of sp³-hybridized carbons (Fsp3) is 0.625. The van der Waals surface area contributed by atoms with E-state index in [4.69, 9.17) is 10.5 Å². The van der Waals surface area contributed by atoms with Crippen LogP contribution in [0.25, 0.3) is 0 Å². The van der Waals surface area contributed by atoms with Crippen LogP contribution in [0.4, 0.5) is 4.79 Å². The minimum Gasteiger partial charge on any atom is -0.444 e. The Bertz CT molecular complexity index is 627. The number of nitrogens with two attached hydrogens (primary N) is 1. The molecule has 0 radical (unpaired) electrons. The highest BCUT2D eigenvalue weighted by atomic mass is 32.1. The Balaban J connectivity index is 2.14. The number of likely N-dealkylation sites (tertiary alicyclic amines) is 1. The van der Waals surface area contributed by atoms with Crippen LogP contribution in [-0.4, -0.2) is 52.0 Å². The molecule has 0 spiro atoms. The minimum atomic E-state index is -0.864. The van der Waals surface area contributed by atoms with Crippen LogP contribution in [0.3, 0.4) is 0 Å². The van der Waals surface area contributed by atoms with Crippen molar-refractivity contribution in [3.8, 4) is 0 Å². The molecule has 0 unspecified atom stereocenters. The van der Waals surface area contributed by atoms with Crippen LogP contribution >= 0.6 is 11.3 Å². The smallest absolute Gasteiger partial charge is 0.408 e. The number of alkyl carbamates (subject to hydrolysis) is 1. The molecule has 9 heteroatoms. The number of amides is 3. The van der Waals surface area contributed by atoms with Gasteiger partial charge in [0.25, 0.3) is 0 Å². The molecule has 2 rings (SSSR count). The molecule has 138 valence electrons. The third-order valence-electron chi connectivity index (χ3n) is 3.75. The molecule has 0 saturated carbocycles. The summed E-state index contributed by atoms with van der Waals surface area (Å²) in [5, 5.41) is 4.42. The molecule has 1 aromatic rings. The molecular weight excluding hydrogens is 344 g/mol. The normalized spacial score (nSPS) is 18.7. The quantitative estimate of drug-likeness (QED) is 0.806. The van der Waals surface area contributed by atoms with Crippen LogP contribution in [-0.2, 0) is 20.7 Å². The average molecular weight is 368 g/mol. The molecule has 1 fully saturated rings. The second-order valence-corrected chi connectivity index (χ2v) is 7.69. The summed E-state index contributed by atoms with van der Waals surface area (Å²) in [7, 11) is 0. The molecule has 1 aromatic heterocycles. The summed E-state index contributed by atoms with van der Waals surface area (Å²) in [6.07, 6.45) is 0.784. The Morgan fingerprint density at radius 1 is 1.48 bits per heavy atom. The van der Waals surface area contributed by atoms with E-state index in [1.165, 1.54) is 16.2 Å². The second-order valence-electron chi connectivity index (χ2n) is 6.97. The number of hydrogen-bond acceptors (Lipinski definition) is 6. The van der Waals surface area contributed by atoms with Crippen molar-refractivity contribution in [3.63, 3.8) is 0 Å². The van der Waals surface area contributed by atoms with Gasteiger partial charge in [-0.15, -0.1) is 11.3 Å². The molecule has 8 nitrogen and oxygen atoms in total. The van der Waals surface area contributed by atoms with E-state index in [9.17, 15) is 14.4 Å². The summed E-state index contributed by atoms with van der Waals surface area (Å²) < 4.78 is 5.24. The molecule has 1 saturated heterocycles. The first-order valence-electron chi connectivity index (χ1n) is 8.14. The van der Waals surface area contributed by atoms with Crippen molar-refractivity contribution in [2.45, 2.75) is 57.7 Å². The Kier molecular flexibility index (Phi) is 5.99. The summed E-state index contributed by atoms with van der Waals surface area (Å²) in [4.78, 5) is 42.2. The van der Waals surface area contributed by atoms with Crippen LogP contribution < -0.4 is 11.1 Å². The predicted octanol–water partition coefficient (Wildman–Crippen LogP) is 1.06. The third-order valence-corrected chi connectivity index (χ3v) is 4.39. The molecule has 2 atom stereocenters. The molecule has 1 aliphatic heterocycles. The number of rotatable bonds is 5. The van der Waals surface area contributed by atoms with E-state index in [0.29, 0.717) is 25.1 Å². The summed E-state index contributed by atoms with van der Waals surface area (Å²) in [6, 6.07) is -1.50. The first-order chi connectivity index (χ1) is 11.7. The van der Waals surface area contributed by atoms with Gasteiger partial charge in [0.15, 0.2) is 0 Å². The first kappa shape index (κ1) is 19.2. The van der Waals surface area contributed by atoms with Gasteiger partial charge >= 0.3 is 6.09 Å². The lowest BCUT2D eigenvalue weighted by atomic mass is 10.1. The van der Waals surface area contributed by atoms with Crippen LogP contribution in [0.2, 0.25) is 0 Å². The third kappa shape index (κ3) is 5.42. The van der Waals surface area contributed by atoms with Crippen molar-refractivity contribution in [1.82, 2.24) is 15.2 Å². The van der Waals surface area contributed by atoms with Gasteiger partial charge in [-0.05, 0) is 33.6 Å². The largest absolute Gasteiger partial charge is 0.444 e. The molecular formula is C16H24N4O4S. The first-order valence-corrected chi connectivity index (χ1v) is 9.08. The highest BCUT2D eigenvalue weighted by molar-refractivity contribution is 7.07.